The van der Waals surface area contributed by atoms with Gasteiger partial charge in [0.15, 0.2) is 5.96 Å². The number of ether oxygens (including phenoxy) is 2. The third-order valence-electron chi connectivity index (χ3n) is 2.89. The topological polar surface area (TPSA) is 73.0 Å². The summed E-state index contributed by atoms with van der Waals surface area (Å²) < 4.78 is 10.9. The van der Waals surface area contributed by atoms with Crippen molar-refractivity contribution in [3.63, 3.8) is 0 Å². The monoisotopic (exact) mass is 426 g/mol. The Kier molecular flexibility index (Phi) is 8.05. The SMILES string of the molecule is CC1CN(C(N)=NCCOc2ncccc2Cl)CCO1.I. The van der Waals surface area contributed by atoms with Crippen LogP contribution in [0.5, 0.6) is 5.88 Å². The number of guanidine groups is 1. The second-order valence-electron chi connectivity index (χ2n) is 4.51. The highest BCUT2D eigenvalue weighted by Gasteiger charge is 2.17. The fraction of sp³-hybridized carbons (Fsp3) is 0.538. The molecule has 2 N–H and O–H groups in total. The van der Waals surface area contributed by atoms with E-state index < -0.39 is 0 Å². The van der Waals surface area contributed by atoms with Gasteiger partial charge in [0.1, 0.15) is 11.6 Å². The smallest absolute Gasteiger partial charge is 0.232 e. The van der Waals surface area contributed by atoms with Crippen molar-refractivity contribution in [3.8, 4) is 5.88 Å². The fourth-order valence-electron chi connectivity index (χ4n) is 1.91. The Bertz CT molecular complexity index is 475. The van der Waals surface area contributed by atoms with Crippen LogP contribution < -0.4 is 10.5 Å². The minimum atomic E-state index is 0. The van der Waals surface area contributed by atoms with Gasteiger partial charge in [-0.2, -0.15) is 0 Å². The highest BCUT2D eigenvalue weighted by molar-refractivity contribution is 14.0. The molecule has 1 fully saturated rings. The van der Waals surface area contributed by atoms with Crippen molar-refractivity contribution in [3.05, 3.63) is 23.4 Å². The third kappa shape index (κ3) is 5.84. The van der Waals surface area contributed by atoms with E-state index in [-0.39, 0.29) is 30.1 Å². The summed E-state index contributed by atoms with van der Waals surface area (Å²) in [6.45, 7) is 5.08. The predicted octanol–water partition coefficient (Wildman–Crippen LogP) is 1.77. The molecule has 0 amide bonds. The normalized spacial score (nSPS) is 19.0. The van der Waals surface area contributed by atoms with E-state index in [9.17, 15) is 0 Å². The van der Waals surface area contributed by atoms with Crippen molar-refractivity contribution >= 4 is 41.5 Å². The summed E-state index contributed by atoms with van der Waals surface area (Å²) in [5.74, 6) is 0.943. The molecule has 0 spiro atoms. The van der Waals surface area contributed by atoms with Crippen LogP contribution in [0.2, 0.25) is 5.02 Å². The standard InChI is InChI=1S/C13H19ClN4O2.HI/c1-10-9-18(6-8-19-10)13(15)17-5-7-20-12-11(14)3-2-4-16-12;/h2-4,10H,5-9H2,1H3,(H2,15,17);1H. The number of hydrogen-bond donors (Lipinski definition) is 1. The number of pyridine rings is 1. The van der Waals surface area contributed by atoms with Crippen LogP contribution >= 0.6 is 35.6 Å². The Labute approximate surface area is 146 Å². The van der Waals surface area contributed by atoms with Gasteiger partial charge < -0.3 is 20.1 Å². The zero-order valence-corrected chi connectivity index (χ0v) is 15.0. The molecule has 8 heteroatoms. The molecule has 2 heterocycles. The molecule has 0 aliphatic carbocycles. The van der Waals surface area contributed by atoms with Crippen LogP contribution in [0, 0.1) is 0 Å². The second kappa shape index (κ2) is 9.26. The van der Waals surface area contributed by atoms with E-state index in [0.717, 1.165) is 13.1 Å². The van der Waals surface area contributed by atoms with Crippen molar-refractivity contribution in [1.29, 1.82) is 0 Å². The highest BCUT2D eigenvalue weighted by atomic mass is 127. The maximum atomic E-state index is 5.94. The first-order valence-electron chi connectivity index (χ1n) is 6.56. The van der Waals surface area contributed by atoms with Crippen LogP contribution in [0.3, 0.4) is 0 Å². The first-order chi connectivity index (χ1) is 9.66. The first kappa shape index (κ1) is 18.2. The van der Waals surface area contributed by atoms with Gasteiger partial charge in [0.25, 0.3) is 0 Å². The van der Waals surface area contributed by atoms with Crippen molar-refractivity contribution in [2.45, 2.75) is 13.0 Å². The van der Waals surface area contributed by atoms with Crippen LogP contribution in [-0.4, -0.2) is 54.8 Å². The highest BCUT2D eigenvalue weighted by Crippen LogP contribution is 2.19. The van der Waals surface area contributed by atoms with Crippen LogP contribution in [-0.2, 0) is 4.74 Å². The molecular weight excluding hydrogens is 407 g/mol. The molecule has 1 aliphatic heterocycles. The Morgan fingerprint density at radius 1 is 1.67 bits per heavy atom. The molecule has 0 aromatic carbocycles. The summed E-state index contributed by atoms with van der Waals surface area (Å²) in [6.07, 6.45) is 1.81. The molecular formula is C13H20ClIN4O2. The van der Waals surface area contributed by atoms with Crippen LogP contribution in [0.25, 0.3) is 0 Å². The van der Waals surface area contributed by atoms with Gasteiger partial charge in [-0.25, -0.2) is 9.98 Å². The Morgan fingerprint density at radius 2 is 2.48 bits per heavy atom. The fourth-order valence-corrected chi connectivity index (χ4v) is 2.08. The largest absolute Gasteiger partial charge is 0.475 e. The van der Waals surface area contributed by atoms with Gasteiger partial charge in [-0.05, 0) is 19.1 Å². The molecule has 2 rings (SSSR count). The maximum absolute atomic E-state index is 5.94. The van der Waals surface area contributed by atoms with E-state index in [1.54, 1.807) is 18.3 Å². The van der Waals surface area contributed by atoms with Gasteiger partial charge in [0, 0.05) is 19.3 Å². The van der Waals surface area contributed by atoms with Crippen LogP contribution in [0.1, 0.15) is 6.92 Å². The van der Waals surface area contributed by atoms with E-state index in [1.807, 2.05) is 11.8 Å². The molecule has 1 aromatic heterocycles. The summed E-state index contributed by atoms with van der Waals surface area (Å²) >= 11 is 5.93. The van der Waals surface area contributed by atoms with E-state index in [0.29, 0.717) is 36.6 Å². The molecule has 1 aromatic rings. The quantitative estimate of drug-likeness (QED) is 0.344. The summed E-state index contributed by atoms with van der Waals surface area (Å²) in [4.78, 5) is 10.3. The Hall–Kier alpha value is -0.800. The number of hydrogen-bond acceptors (Lipinski definition) is 4. The molecule has 6 nitrogen and oxygen atoms in total. The van der Waals surface area contributed by atoms with Crippen molar-refractivity contribution in [2.75, 3.05) is 32.8 Å². The lowest BCUT2D eigenvalue weighted by molar-refractivity contribution is 0.00528. The number of nitrogens with two attached hydrogens (primary N) is 1. The number of morpholine rings is 1. The first-order valence-corrected chi connectivity index (χ1v) is 6.94. The molecule has 1 saturated heterocycles. The van der Waals surface area contributed by atoms with Crippen molar-refractivity contribution in [2.24, 2.45) is 10.7 Å². The number of halogens is 2. The summed E-state index contributed by atoms with van der Waals surface area (Å²) in [5.41, 5.74) is 5.94. The molecule has 0 radical (unpaired) electrons. The van der Waals surface area contributed by atoms with Crippen LogP contribution in [0.4, 0.5) is 0 Å². The van der Waals surface area contributed by atoms with Gasteiger partial charge in [0.05, 0.1) is 19.3 Å². The number of aromatic nitrogens is 1. The number of aliphatic imine (C=N–C) groups is 1. The molecule has 1 aliphatic rings. The van der Waals surface area contributed by atoms with Crippen molar-refractivity contribution in [1.82, 2.24) is 9.88 Å². The average molecular weight is 427 g/mol. The summed E-state index contributed by atoms with van der Waals surface area (Å²) in [6, 6.07) is 3.49. The Balaban J connectivity index is 0.00000220. The molecule has 1 unspecified atom stereocenters. The minimum absolute atomic E-state index is 0. The van der Waals surface area contributed by atoms with E-state index in [1.165, 1.54) is 0 Å². The third-order valence-corrected chi connectivity index (χ3v) is 3.18. The molecule has 21 heavy (non-hydrogen) atoms. The van der Waals surface area contributed by atoms with E-state index in [2.05, 4.69) is 9.98 Å². The van der Waals surface area contributed by atoms with Gasteiger partial charge >= 0.3 is 0 Å². The van der Waals surface area contributed by atoms with E-state index in [4.69, 9.17) is 26.8 Å². The molecule has 0 bridgehead atoms. The molecule has 1 atom stereocenters. The summed E-state index contributed by atoms with van der Waals surface area (Å²) in [7, 11) is 0. The van der Waals surface area contributed by atoms with Gasteiger partial charge in [-0.1, -0.05) is 11.6 Å². The van der Waals surface area contributed by atoms with Crippen molar-refractivity contribution < 1.29 is 9.47 Å². The van der Waals surface area contributed by atoms with Crippen LogP contribution in [0.15, 0.2) is 23.3 Å². The maximum Gasteiger partial charge on any atom is 0.232 e. The average Bonchev–Trinajstić information content (AvgIpc) is 2.45. The molecule has 0 saturated carbocycles. The lowest BCUT2D eigenvalue weighted by atomic mass is 10.3. The number of nitrogens with zero attached hydrogens (tertiary/aromatic N) is 3. The second-order valence-corrected chi connectivity index (χ2v) is 4.91. The zero-order chi connectivity index (χ0) is 14.4. The lowest BCUT2D eigenvalue weighted by Crippen LogP contribution is -2.48. The van der Waals surface area contributed by atoms with Gasteiger partial charge in [0.2, 0.25) is 5.88 Å². The van der Waals surface area contributed by atoms with Gasteiger partial charge in [-0.3, -0.25) is 0 Å². The lowest BCUT2D eigenvalue weighted by Gasteiger charge is -2.31. The Morgan fingerprint density at radius 3 is 3.19 bits per heavy atom. The minimum Gasteiger partial charge on any atom is -0.475 e. The summed E-state index contributed by atoms with van der Waals surface area (Å²) in [5, 5.41) is 0.492. The van der Waals surface area contributed by atoms with Gasteiger partial charge in [-0.15, -0.1) is 24.0 Å². The number of rotatable bonds is 4. The predicted molar refractivity (Wildman–Crippen MR) is 93.6 cm³/mol. The zero-order valence-electron chi connectivity index (χ0n) is 11.9. The molecule has 118 valence electrons. The van der Waals surface area contributed by atoms with E-state index >= 15 is 0 Å².